The zero-order chi connectivity index (χ0) is 15.6. The Morgan fingerprint density at radius 2 is 2.19 bits per heavy atom. The van der Waals surface area contributed by atoms with Crippen molar-refractivity contribution in [3.8, 4) is 0 Å². The van der Waals surface area contributed by atoms with Gasteiger partial charge in [-0.15, -0.1) is 0 Å². The van der Waals surface area contributed by atoms with Gasteiger partial charge in [-0.2, -0.15) is 0 Å². The van der Waals surface area contributed by atoms with Crippen molar-refractivity contribution in [3.05, 3.63) is 22.7 Å². The Labute approximate surface area is 133 Å². The van der Waals surface area contributed by atoms with E-state index in [4.69, 9.17) is 5.73 Å². The standard InChI is InChI=1S/C15H21BrN4O/c1-4-9(3)13(17)14(21)19-15-18-11-8-10(16)6-7-12(11)20(15)5-2/h6-9,13H,4-5,17H2,1-3H3,(H,18,19,21). The fourth-order valence-corrected chi connectivity index (χ4v) is 2.57. The molecule has 1 aromatic heterocycles. The molecule has 0 aliphatic carbocycles. The molecule has 114 valence electrons. The quantitative estimate of drug-likeness (QED) is 0.867. The second kappa shape index (κ2) is 6.58. The molecule has 2 atom stereocenters. The van der Waals surface area contributed by atoms with Crippen molar-refractivity contribution < 1.29 is 4.79 Å². The lowest BCUT2D eigenvalue weighted by molar-refractivity contribution is -0.118. The summed E-state index contributed by atoms with van der Waals surface area (Å²) in [5, 5.41) is 2.86. The summed E-state index contributed by atoms with van der Waals surface area (Å²) in [7, 11) is 0. The lowest BCUT2D eigenvalue weighted by Gasteiger charge is -2.17. The maximum Gasteiger partial charge on any atom is 0.243 e. The molecule has 5 nitrogen and oxygen atoms in total. The first-order chi connectivity index (χ1) is 9.97. The third kappa shape index (κ3) is 3.27. The van der Waals surface area contributed by atoms with Gasteiger partial charge < -0.3 is 10.3 Å². The van der Waals surface area contributed by atoms with Crippen molar-refractivity contribution in [3.63, 3.8) is 0 Å². The number of rotatable bonds is 5. The SMILES string of the molecule is CCC(C)C(N)C(=O)Nc1nc2cc(Br)ccc2n1CC. The number of halogens is 1. The number of aryl methyl sites for hydroxylation is 1. The first-order valence-corrected chi connectivity index (χ1v) is 7.99. The Balaban J connectivity index is 2.31. The summed E-state index contributed by atoms with van der Waals surface area (Å²) >= 11 is 3.43. The van der Waals surface area contributed by atoms with Crippen molar-refractivity contribution in [2.24, 2.45) is 11.7 Å². The fourth-order valence-electron chi connectivity index (χ4n) is 2.22. The van der Waals surface area contributed by atoms with Gasteiger partial charge >= 0.3 is 0 Å². The van der Waals surface area contributed by atoms with Crippen LogP contribution in [0.4, 0.5) is 5.95 Å². The third-order valence-electron chi connectivity index (χ3n) is 3.82. The van der Waals surface area contributed by atoms with Crippen LogP contribution in [0.5, 0.6) is 0 Å². The van der Waals surface area contributed by atoms with Crippen LogP contribution in [0.1, 0.15) is 27.2 Å². The number of anilines is 1. The van der Waals surface area contributed by atoms with Gasteiger partial charge in [-0.05, 0) is 31.0 Å². The number of imidazole rings is 1. The van der Waals surface area contributed by atoms with Gasteiger partial charge in [0.05, 0.1) is 17.1 Å². The number of amides is 1. The molecule has 2 aromatic rings. The topological polar surface area (TPSA) is 72.9 Å². The van der Waals surface area contributed by atoms with Crippen LogP contribution < -0.4 is 11.1 Å². The molecule has 3 N–H and O–H groups in total. The van der Waals surface area contributed by atoms with E-state index in [2.05, 4.69) is 26.2 Å². The van der Waals surface area contributed by atoms with Gasteiger partial charge in [0.1, 0.15) is 0 Å². The van der Waals surface area contributed by atoms with Crippen LogP contribution in [-0.2, 0) is 11.3 Å². The van der Waals surface area contributed by atoms with Gasteiger partial charge in [-0.25, -0.2) is 4.98 Å². The Kier molecular flexibility index (Phi) is 5.00. The molecule has 2 rings (SSSR count). The number of nitrogens with one attached hydrogen (secondary N) is 1. The largest absolute Gasteiger partial charge is 0.320 e. The molecule has 0 fully saturated rings. The predicted molar refractivity (Wildman–Crippen MR) is 89.2 cm³/mol. The maximum absolute atomic E-state index is 12.2. The van der Waals surface area contributed by atoms with E-state index in [-0.39, 0.29) is 11.8 Å². The molecule has 0 saturated carbocycles. The summed E-state index contributed by atoms with van der Waals surface area (Å²) in [6.07, 6.45) is 0.867. The smallest absolute Gasteiger partial charge is 0.243 e. The highest BCUT2D eigenvalue weighted by atomic mass is 79.9. The van der Waals surface area contributed by atoms with Crippen molar-refractivity contribution in [1.82, 2.24) is 9.55 Å². The molecule has 1 aromatic carbocycles. The van der Waals surface area contributed by atoms with E-state index in [1.807, 2.05) is 43.5 Å². The molecular formula is C15H21BrN4O. The average molecular weight is 353 g/mol. The second-order valence-corrected chi connectivity index (χ2v) is 6.13. The van der Waals surface area contributed by atoms with Crippen LogP contribution in [0.3, 0.4) is 0 Å². The molecule has 0 saturated heterocycles. The summed E-state index contributed by atoms with van der Waals surface area (Å²) in [5.74, 6) is 0.501. The molecule has 21 heavy (non-hydrogen) atoms. The molecule has 1 heterocycles. The number of fused-ring (bicyclic) bond motifs is 1. The molecular weight excluding hydrogens is 332 g/mol. The summed E-state index contributed by atoms with van der Waals surface area (Å²) in [6.45, 7) is 6.75. The number of aromatic nitrogens is 2. The summed E-state index contributed by atoms with van der Waals surface area (Å²) in [6, 6.07) is 5.37. The van der Waals surface area contributed by atoms with Crippen LogP contribution in [0.2, 0.25) is 0 Å². The number of carbonyl (C=O) groups is 1. The van der Waals surface area contributed by atoms with E-state index < -0.39 is 6.04 Å². The minimum absolute atomic E-state index is 0.138. The first kappa shape index (κ1) is 16.0. The summed E-state index contributed by atoms with van der Waals surface area (Å²) in [4.78, 5) is 16.7. The molecule has 0 spiro atoms. The highest BCUT2D eigenvalue weighted by Gasteiger charge is 2.21. The van der Waals surface area contributed by atoms with E-state index in [1.165, 1.54) is 0 Å². The van der Waals surface area contributed by atoms with Gasteiger partial charge in [0, 0.05) is 11.0 Å². The highest BCUT2D eigenvalue weighted by Crippen LogP contribution is 2.23. The van der Waals surface area contributed by atoms with Gasteiger partial charge in [-0.3, -0.25) is 10.1 Å². The van der Waals surface area contributed by atoms with Crippen LogP contribution in [0.15, 0.2) is 22.7 Å². The lowest BCUT2D eigenvalue weighted by Crippen LogP contribution is -2.41. The highest BCUT2D eigenvalue weighted by molar-refractivity contribution is 9.10. The minimum Gasteiger partial charge on any atom is -0.320 e. The van der Waals surface area contributed by atoms with E-state index >= 15 is 0 Å². The zero-order valence-electron chi connectivity index (χ0n) is 12.6. The number of hydrogen-bond acceptors (Lipinski definition) is 3. The normalized spacial score (nSPS) is 14.1. The van der Waals surface area contributed by atoms with Crippen LogP contribution in [-0.4, -0.2) is 21.5 Å². The summed E-state index contributed by atoms with van der Waals surface area (Å²) in [5.41, 5.74) is 7.81. The van der Waals surface area contributed by atoms with Gasteiger partial charge in [0.15, 0.2) is 0 Å². The number of hydrogen-bond donors (Lipinski definition) is 2. The Morgan fingerprint density at radius 3 is 2.81 bits per heavy atom. The van der Waals surface area contributed by atoms with E-state index in [0.717, 1.165) is 28.5 Å². The Hall–Kier alpha value is -1.40. The Bertz CT molecular complexity index is 652. The lowest BCUT2D eigenvalue weighted by atomic mass is 10.00. The van der Waals surface area contributed by atoms with Gasteiger partial charge in [0.2, 0.25) is 11.9 Å². The van der Waals surface area contributed by atoms with E-state index in [9.17, 15) is 4.79 Å². The monoisotopic (exact) mass is 352 g/mol. The van der Waals surface area contributed by atoms with Gasteiger partial charge in [0.25, 0.3) is 0 Å². The van der Waals surface area contributed by atoms with Crippen LogP contribution >= 0.6 is 15.9 Å². The van der Waals surface area contributed by atoms with Crippen molar-refractivity contribution in [2.45, 2.75) is 39.8 Å². The second-order valence-electron chi connectivity index (χ2n) is 5.21. The average Bonchev–Trinajstić information content (AvgIpc) is 2.81. The Morgan fingerprint density at radius 1 is 1.48 bits per heavy atom. The molecule has 0 radical (unpaired) electrons. The van der Waals surface area contributed by atoms with Crippen molar-refractivity contribution in [2.75, 3.05) is 5.32 Å². The maximum atomic E-state index is 12.2. The zero-order valence-corrected chi connectivity index (χ0v) is 14.1. The molecule has 0 aliphatic rings. The van der Waals surface area contributed by atoms with Crippen molar-refractivity contribution >= 4 is 38.8 Å². The number of nitrogens with two attached hydrogens (primary N) is 1. The van der Waals surface area contributed by atoms with Crippen molar-refractivity contribution in [1.29, 1.82) is 0 Å². The molecule has 0 aliphatic heterocycles. The van der Waals surface area contributed by atoms with E-state index in [1.54, 1.807) is 0 Å². The van der Waals surface area contributed by atoms with Crippen LogP contribution in [0.25, 0.3) is 11.0 Å². The van der Waals surface area contributed by atoms with Gasteiger partial charge in [-0.1, -0.05) is 36.2 Å². The summed E-state index contributed by atoms with van der Waals surface area (Å²) < 4.78 is 2.94. The third-order valence-corrected chi connectivity index (χ3v) is 4.31. The van der Waals surface area contributed by atoms with E-state index in [0.29, 0.717) is 5.95 Å². The fraction of sp³-hybridized carbons (Fsp3) is 0.467. The molecule has 0 bridgehead atoms. The molecule has 1 amide bonds. The first-order valence-electron chi connectivity index (χ1n) is 7.20. The number of nitrogens with zero attached hydrogens (tertiary/aromatic N) is 2. The molecule has 2 unspecified atom stereocenters. The number of benzene rings is 1. The minimum atomic E-state index is -0.521. The predicted octanol–water partition coefficient (Wildman–Crippen LogP) is 3.13. The molecule has 6 heteroatoms. The van der Waals surface area contributed by atoms with Crippen LogP contribution in [0, 0.1) is 5.92 Å². The number of carbonyl (C=O) groups excluding carboxylic acids is 1.